The smallest absolute Gasteiger partial charge is 0.255 e. The predicted molar refractivity (Wildman–Crippen MR) is 93.3 cm³/mol. The summed E-state index contributed by atoms with van der Waals surface area (Å²) in [4.78, 5) is 12.6. The van der Waals surface area contributed by atoms with Gasteiger partial charge in [-0.3, -0.25) is 4.79 Å². The number of hydrogen-bond donors (Lipinski definition) is 1. The zero-order valence-electron chi connectivity index (χ0n) is 13.0. The Morgan fingerprint density at radius 1 is 0.958 bits per heavy atom. The van der Waals surface area contributed by atoms with Gasteiger partial charge in [0, 0.05) is 35.6 Å². The van der Waals surface area contributed by atoms with Crippen molar-refractivity contribution in [1.29, 1.82) is 0 Å². The molecule has 0 aliphatic carbocycles. The molecule has 0 aliphatic rings. The minimum atomic E-state index is -3.25. The lowest BCUT2D eigenvalue weighted by atomic mass is 10.2. The number of carbonyl (C=O) groups excluding carboxylic acids is 1. The van der Waals surface area contributed by atoms with E-state index in [1.807, 2.05) is 41.2 Å². The molecule has 0 saturated carbocycles. The van der Waals surface area contributed by atoms with Crippen LogP contribution in [0.15, 0.2) is 78.0 Å². The molecule has 1 N–H and O–H groups in total. The topological polar surface area (TPSA) is 68.2 Å². The summed E-state index contributed by atoms with van der Waals surface area (Å²) >= 11 is 0. The lowest BCUT2D eigenvalue weighted by Crippen LogP contribution is -2.12. The SMILES string of the molecule is CS(=O)(=O)c1ccc(NC(=O)c2cccc(-n3cccc3)c2)cc1. The third kappa shape index (κ3) is 3.55. The van der Waals surface area contributed by atoms with Crippen LogP contribution in [-0.2, 0) is 9.84 Å². The number of aromatic nitrogens is 1. The largest absolute Gasteiger partial charge is 0.324 e. The number of hydrogen-bond acceptors (Lipinski definition) is 3. The monoisotopic (exact) mass is 340 g/mol. The molecule has 6 heteroatoms. The molecule has 3 aromatic rings. The van der Waals surface area contributed by atoms with E-state index in [1.54, 1.807) is 24.3 Å². The zero-order valence-corrected chi connectivity index (χ0v) is 13.8. The second kappa shape index (κ2) is 6.33. The Labute approximate surface area is 140 Å². The van der Waals surface area contributed by atoms with Gasteiger partial charge in [0.05, 0.1) is 4.90 Å². The molecule has 2 aromatic carbocycles. The number of sulfone groups is 1. The molecule has 1 aromatic heterocycles. The van der Waals surface area contributed by atoms with Crippen LogP contribution in [0.4, 0.5) is 5.69 Å². The number of nitrogens with one attached hydrogen (secondary N) is 1. The van der Waals surface area contributed by atoms with Gasteiger partial charge >= 0.3 is 0 Å². The van der Waals surface area contributed by atoms with Crippen LogP contribution in [-0.4, -0.2) is 25.1 Å². The molecule has 3 rings (SSSR count). The second-order valence-corrected chi connectivity index (χ2v) is 7.41. The fraction of sp³-hybridized carbons (Fsp3) is 0.0556. The summed E-state index contributed by atoms with van der Waals surface area (Å²) in [6.07, 6.45) is 4.95. The lowest BCUT2D eigenvalue weighted by molar-refractivity contribution is 0.102. The summed E-state index contributed by atoms with van der Waals surface area (Å²) in [7, 11) is -3.25. The number of benzene rings is 2. The molecule has 24 heavy (non-hydrogen) atoms. The van der Waals surface area contributed by atoms with Crippen LogP contribution in [0.25, 0.3) is 5.69 Å². The van der Waals surface area contributed by atoms with Crippen LogP contribution in [0.1, 0.15) is 10.4 Å². The number of nitrogens with zero attached hydrogens (tertiary/aromatic N) is 1. The summed E-state index contributed by atoms with van der Waals surface area (Å²) in [6.45, 7) is 0. The summed E-state index contributed by atoms with van der Waals surface area (Å²) in [5.74, 6) is -0.254. The van der Waals surface area contributed by atoms with E-state index < -0.39 is 9.84 Å². The van der Waals surface area contributed by atoms with Gasteiger partial charge in [0.2, 0.25) is 0 Å². The molecule has 0 bridgehead atoms. The van der Waals surface area contributed by atoms with Gasteiger partial charge < -0.3 is 9.88 Å². The Hall–Kier alpha value is -2.86. The highest BCUT2D eigenvalue weighted by molar-refractivity contribution is 7.90. The van der Waals surface area contributed by atoms with Gasteiger partial charge in [-0.25, -0.2) is 8.42 Å². The molecule has 0 spiro atoms. The molecule has 0 radical (unpaired) electrons. The maximum atomic E-state index is 12.4. The molecule has 0 unspecified atom stereocenters. The first-order valence-corrected chi connectivity index (χ1v) is 9.17. The second-order valence-electron chi connectivity index (χ2n) is 5.39. The standard InChI is InChI=1S/C18H16N2O3S/c1-24(22,23)17-9-7-15(8-10-17)19-18(21)14-5-4-6-16(13-14)20-11-2-3-12-20/h2-13H,1H3,(H,19,21). The molecule has 0 atom stereocenters. The van der Waals surface area contributed by atoms with Crippen molar-refractivity contribution in [3.05, 3.63) is 78.6 Å². The zero-order chi connectivity index (χ0) is 17.2. The Morgan fingerprint density at radius 2 is 1.62 bits per heavy atom. The molecular weight excluding hydrogens is 324 g/mol. The number of carbonyl (C=O) groups is 1. The molecule has 0 fully saturated rings. The van der Waals surface area contributed by atoms with Crippen LogP contribution < -0.4 is 5.32 Å². The summed E-state index contributed by atoms with van der Waals surface area (Å²) in [6, 6.07) is 17.2. The molecule has 1 amide bonds. The highest BCUT2D eigenvalue weighted by Gasteiger charge is 2.09. The van der Waals surface area contributed by atoms with Crippen LogP contribution in [0.2, 0.25) is 0 Å². The molecule has 1 heterocycles. The van der Waals surface area contributed by atoms with Crippen molar-refractivity contribution < 1.29 is 13.2 Å². The first-order valence-electron chi connectivity index (χ1n) is 7.28. The van der Waals surface area contributed by atoms with Crippen LogP contribution in [0, 0.1) is 0 Å². The van der Waals surface area contributed by atoms with E-state index in [0.29, 0.717) is 11.3 Å². The van der Waals surface area contributed by atoms with Crippen molar-refractivity contribution in [3.8, 4) is 5.69 Å². The average molecular weight is 340 g/mol. The van der Waals surface area contributed by atoms with E-state index in [-0.39, 0.29) is 10.8 Å². The molecule has 122 valence electrons. The molecule has 0 saturated heterocycles. The Morgan fingerprint density at radius 3 is 2.25 bits per heavy atom. The van der Waals surface area contributed by atoms with E-state index in [0.717, 1.165) is 11.9 Å². The number of rotatable bonds is 4. The minimum Gasteiger partial charge on any atom is -0.324 e. The first kappa shape index (κ1) is 16.0. The van der Waals surface area contributed by atoms with Crippen molar-refractivity contribution >= 4 is 21.4 Å². The Bertz CT molecular complexity index is 960. The Kier molecular flexibility index (Phi) is 4.22. The Balaban J connectivity index is 1.79. The van der Waals surface area contributed by atoms with Crippen molar-refractivity contribution in [2.75, 3.05) is 11.6 Å². The summed E-state index contributed by atoms with van der Waals surface area (Å²) in [5.41, 5.74) is 1.95. The predicted octanol–water partition coefficient (Wildman–Crippen LogP) is 3.13. The molecular formula is C18H16N2O3S. The van der Waals surface area contributed by atoms with E-state index >= 15 is 0 Å². The molecule has 5 nitrogen and oxygen atoms in total. The van der Waals surface area contributed by atoms with E-state index in [2.05, 4.69) is 5.32 Å². The normalized spacial score (nSPS) is 11.2. The van der Waals surface area contributed by atoms with Gasteiger partial charge in [0.15, 0.2) is 9.84 Å². The third-order valence-corrected chi connectivity index (χ3v) is 4.68. The third-order valence-electron chi connectivity index (χ3n) is 3.55. The van der Waals surface area contributed by atoms with E-state index in [9.17, 15) is 13.2 Å². The van der Waals surface area contributed by atoms with Crippen molar-refractivity contribution in [2.45, 2.75) is 4.90 Å². The van der Waals surface area contributed by atoms with E-state index in [4.69, 9.17) is 0 Å². The highest BCUT2D eigenvalue weighted by atomic mass is 32.2. The van der Waals surface area contributed by atoms with Gasteiger partial charge in [-0.05, 0) is 54.6 Å². The first-order chi connectivity index (χ1) is 11.4. The van der Waals surface area contributed by atoms with Gasteiger partial charge in [0.25, 0.3) is 5.91 Å². The van der Waals surface area contributed by atoms with Crippen LogP contribution >= 0.6 is 0 Å². The quantitative estimate of drug-likeness (QED) is 0.793. The van der Waals surface area contributed by atoms with Gasteiger partial charge in [-0.2, -0.15) is 0 Å². The molecule has 0 aliphatic heterocycles. The van der Waals surface area contributed by atoms with Gasteiger partial charge in [0.1, 0.15) is 0 Å². The van der Waals surface area contributed by atoms with Gasteiger partial charge in [-0.15, -0.1) is 0 Å². The van der Waals surface area contributed by atoms with Crippen molar-refractivity contribution in [1.82, 2.24) is 4.57 Å². The summed E-state index contributed by atoms with van der Waals surface area (Å²) < 4.78 is 24.8. The van der Waals surface area contributed by atoms with Crippen LogP contribution in [0.5, 0.6) is 0 Å². The van der Waals surface area contributed by atoms with Crippen LogP contribution in [0.3, 0.4) is 0 Å². The highest BCUT2D eigenvalue weighted by Crippen LogP contribution is 2.16. The van der Waals surface area contributed by atoms with Crippen molar-refractivity contribution in [3.63, 3.8) is 0 Å². The fourth-order valence-corrected chi connectivity index (χ4v) is 2.93. The minimum absolute atomic E-state index is 0.218. The lowest BCUT2D eigenvalue weighted by Gasteiger charge is -2.08. The maximum absolute atomic E-state index is 12.4. The van der Waals surface area contributed by atoms with E-state index in [1.165, 1.54) is 12.1 Å². The van der Waals surface area contributed by atoms with Crippen molar-refractivity contribution in [2.24, 2.45) is 0 Å². The maximum Gasteiger partial charge on any atom is 0.255 e. The number of amides is 1. The average Bonchev–Trinajstić information content (AvgIpc) is 3.09. The van der Waals surface area contributed by atoms with Gasteiger partial charge in [-0.1, -0.05) is 6.07 Å². The fourth-order valence-electron chi connectivity index (χ4n) is 2.30. The summed E-state index contributed by atoms with van der Waals surface area (Å²) in [5, 5.41) is 2.77. The number of anilines is 1.